The summed E-state index contributed by atoms with van der Waals surface area (Å²) in [5.41, 5.74) is -0.597. The van der Waals surface area contributed by atoms with E-state index in [-0.39, 0.29) is 10.0 Å². The molecule has 0 saturated carbocycles. The molecule has 0 amide bonds. The van der Waals surface area contributed by atoms with Crippen LogP contribution < -0.4 is 0 Å². The van der Waals surface area contributed by atoms with Gasteiger partial charge in [0, 0.05) is 0 Å². The summed E-state index contributed by atoms with van der Waals surface area (Å²) in [4.78, 5) is 10.6. The van der Waals surface area contributed by atoms with Crippen molar-refractivity contribution in [2.24, 2.45) is 0 Å². The number of carbonyl (C=O) groups is 1. The standard InChI is InChI=1S/C7HCl4FO2/c8-2-1(7(13)14)3(9)6(12)5(11)4(2)10/h(H,13,14). The smallest absolute Gasteiger partial charge is 0.338 e. The van der Waals surface area contributed by atoms with E-state index in [0.717, 1.165) is 0 Å². The molecule has 7 heteroatoms. The summed E-state index contributed by atoms with van der Waals surface area (Å²) in [6.07, 6.45) is 0. The first-order chi connectivity index (χ1) is 6.37. The van der Waals surface area contributed by atoms with Gasteiger partial charge in [0.2, 0.25) is 0 Å². The summed E-state index contributed by atoms with van der Waals surface area (Å²) in [5, 5.41) is 6.75. The van der Waals surface area contributed by atoms with Gasteiger partial charge in [0.15, 0.2) is 5.82 Å². The zero-order valence-corrected chi connectivity index (χ0v) is 9.27. The van der Waals surface area contributed by atoms with Gasteiger partial charge in [-0.05, 0) is 0 Å². The number of aromatic carboxylic acids is 1. The van der Waals surface area contributed by atoms with E-state index in [4.69, 9.17) is 51.5 Å². The van der Waals surface area contributed by atoms with Gasteiger partial charge in [0.05, 0.1) is 20.1 Å². The van der Waals surface area contributed by atoms with Crippen molar-refractivity contribution in [1.29, 1.82) is 0 Å². The van der Waals surface area contributed by atoms with E-state index >= 15 is 0 Å². The molecule has 1 rings (SSSR count). The number of benzene rings is 1. The Balaban J connectivity index is 3.68. The molecule has 0 bridgehead atoms. The molecule has 14 heavy (non-hydrogen) atoms. The van der Waals surface area contributed by atoms with E-state index in [1.165, 1.54) is 0 Å². The van der Waals surface area contributed by atoms with Gasteiger partial charge in [-0.25, -0.2) is 9.18 Å². The molecule has 0 radical (unpaired) electrons. The zero-order valence-electron chi connectivity index (χ0n) is 6.25. The fourth-order valence-corrected chi connectivity index (χ4v) is 1.84. The Bertz CT molecular complexity index is 390. The lowest BCUT2D eigenvalue weighted by atomic mass is 10.2. The Morgan fingerprint density at radius 1 is 1.00 bits per heavy atom. The second kappa shape index (κ2) is 4.11. The van der Waals surface area contributed by atoms with Crippen LogP contribution in [0, 0.1) is 5.82 Å². The van der Waals surface area contributed by atoms with Crippen molar-refractivity contribution in [3.8, 4) is 0 Å². The number of rotatable bonds is 1. The molecule has 0 aliphatic rings. The summed E-state index contributed by atoms with van der Waals surface area (Å²) in [6, 6.07) is 0. The van der Waals surface area contributed by atoms with Gasteiger partial charge in [0.1, 0.15) is 5.56 Å². The summed E-state index contributed by atoms with van der Waals surface area (Å²) < 4.78 is 13.1. The van der Waals surface area contributed by atoms with Gasteiger partial charge in [-0.2, -0.15) is 0 Å². The maximum atomic E-state index is 13.1. The molecular weight excluding hydrogens is 277 g/mol. The number of carboxylic acids is 1. The molecule has 0 spiro atoms. The zero-order chi connectivity index (χ0) is 11.0. The SMILES string of the molecule is O=C(O)c1c(Cl)c(F)c(Cl)c(Cl)c1Cl. The molecule has 0 saturated heterocycles. The van der Waals surface area contributed by atoms with Gasteiger partial charge < -0.3 is 5.11 Å². The number of carboxylic acid groups (broad SMARTS) is 1. The topological polar surface area (TPSA) is 37.3 Å². The van der Waals surface area contributed by atoms with Crippen LogP contribution in [0.25, 0.3) is 0 Å². The maximum Gasteiger partial charge on any atom is 0.338 e. The van der Waals surface area contributed by atoms with E-state index in [0.29, 0.717) is 0 Å². The molecule has 0 atom stereocenters. The number of hydrogen-bond donors (Lipinski definition) is 1. The lowest BCUT2D eigenvalue weighted by Gasteiger charge is -2.07. The van der Waals surface area contributed by atoms with Crippen LogP contribution in [0.4, 0.5) is 4.39 Å². The van der Waals surface area contributed by atoms with Crippen LogP contribution in [0.1, 0.15) is 10.4 Å². The molecule has 1 N–H and O–H groups in total. The Morgan fingerprint density at radius 3 is 1.93 bits per heavy atom. The third-order valence-corrected chi connectivity index (χ3v) is 3.08. The lowest BCUT2D eigenvalue weighted by Crippen LogP contribution is -2.02. The first-order valence-corrected chi connectivity index (χ1v) is 4.63. The Kier molecular flexibility index (Phi) is 3.48. The molecular formula is C7HCl4FO2. The normalized spacial score (nSPS) is 10.4. The fraction of sp³-hybridized carbons (Fsp3) is 0. The average molecular weight is 278 g/mol. The van der Waals surface area contributed by atoms with Crippen LogP contribution in [0.3, 0.4) is 0 Å². The highest BCUT2D eigenvalue weighted by atomic mass is 35.5. The summed E-state index contributed by atoms with van der Waals surface area (Å²) >= 11 is 21.8. The predicted octanol–water partition coefficient (Wildman–Crippen LogP) is 4.14. The average Bonchev–Trinajstić information content (AvgIpc) is 2.11. The molecule has 1 aromatic rings. The molecule has 0 aromatic heterocycles. The quantitative estimate of drug-likeness (QED) is 0.619. The minimum absolute atomic E-state index is 0.368. The minimum Gasteiger partial charge on any atom is -0.478 e. The predicted molar refractivity (Wildman–Crippen MR) is 53.4 cm³/mol. The van der Waals surface area contributed by atoms with Gasteiger partial charge in [0.25, 0.3) is 0 Å². The van der Waals surface area contributed by atoms with E-state index in [1.54, 1.807) is 0 Å². The third kappa shape index (κ3) is 1.77. The van der Waals surface area contributed by atoms with Crippen LogP contribution in [-0.4, -0.2) is 11.1 Å². The summed E-state index contributed by atoms with van der Waals surface area (Å²) in [6.45, 7) is 0. The van der Waals surface area contributed by atoms with Crippen LogP contribution in [-0.2, 0) is 0 Å². The van der Waals surface area contributed by atoms with Crippen molar-refractivity contribution in [3.63, 3.8) is 0 Å². The van der Waals surface area contributed by atoms with Crippen LogP contribution in [0.2, 0.25) is 20.1 Å². The van der Waals surface area contributed by atoms with Crippen molar-refractivity contribution in [2.45, 2.75) is 0 Å². The Hall–Kier alpha value is -0.220. The summed E-state index contributed by atoms with van der Waals surface area (Å²) in [5.74, 6) is -2.57. The van der Waals surface area contributed by atoms with Crippen LogP contribution >= 0.6 is 46.4 Å². The molecule has 0 aliphatic heterocycles. The van der Waals surface area contributed by atoms with Crippen molar-refractivity contribution in [3.05, 3.63) is 31.5 Å². The molecule has 0 aliphatic carbocycles. The van der Waals surface area contributed by atoms with E-state index in [1.807, 2.05) is 0 Å². The monoisotopic (exact) mass is 276 g/mol. The van der Waals surface area contributed by atoms with Crippen molar-refractivity contribution < 1.29 is 14.3 Å². The van der Waals surface area contributed by atoms with Gasteiger partial charge in [-0.1, -0.05) is 46.4 Å². The van der Waals surface area contributed by atoms with Gasteiger partial charge in [-0.3, -0.25) is 0 Å². The van der Waals surface area contributed by atoms with Crippen molar-refractivity contribution in [2.75, 3.05) is 0 Å². The van der Waals surface area contributed by atoms with Crippen LogP contribution in [0.5, 0.6) is 0 Å². The molecule has 76 valence electrons. The van der Waals surface area contributed by atoms with Gasteiger partial charge in [-0.15, -0.1) is 0 Å². The van der Waals surface area contributed by atoms with E-state index in [2.05, 4.69) is 0 Å². The molecule has 2 nitrogen and oxygen atoms in total. The van der Waals surface area contributed by atoms with Crippen molar-refractivity contribution in [1.82, 2.24) is 0 Å². The second-order valence-electron chi connectivity index (χ2n) is 2.25. The number of hydrogen-bond acceptors (Lipinski definition) is 1. The van der Waals surface area contributed by atoms with Crippen LogP contribution in [0.15, 0.2) is 0 Å². The second-order valence-corrected chi connectivity index (χ2v) is 3.76. The highest BCUT2D eigenvalue weighted by molar-refractivity contribution is 6.51. The molecule has 1 aromatic carbocycles. The highest BCUT2D eigenvalue weighted by Crippen LogP contribution is 2.39. The first kappa shape index (κ1) is 11.9. The van der Waals surface area contributed by atoms with E-state index < -0.39 is 27.4 Å². The Morgan fingerprint density at radius 2 is 1.50 bits per heavy atom. The largest absolute Gasteiger partial charge is 0.478 e. The first-order valence-electron chi connectivity index (χ1n) is 3.12. The lowest BCUT2D eigenvalue weighted by molar-refractivity contribution is 0.0697. The molecule has 0 fully saturated rings. The summed E-state index contributed by atoms with van der Waals surface area (Å²) in [7, 11) is 0. The number of halogens is 5. The Labute approximate surface area is 98.1 Å². The third-order valence-electron chi connectivity index (χ3n) is 1.42. The fourth-order valence-electron chi connectivity index (χ4n) is 0.793. The molecule has 0 unspecified atom stereocenters. The highest BCUT2D eigenvalue weighted by Gasteiger charge is 2.24. The van der Waals surface area contributed by atoms with E-state index in [9.17, 15) is 9.18 Å². The molecule has 0 heterocycles. The van der Waals surface area contributed by atoms with Gasteiger partial charge >= 0.3 is 5.97 Å². The van der Waals surface area contributed by atoms with Crippen molar-refractivity contribution >= 4 is 52.4 Å². The minimum atomic E-state index is -1.47. The maximum absolute atomic E-state index is 13.1.